The fraction of sp³-hybridized carbons (Fsp3) is 0.571. The van der Waals surface area contributed by atoms with Gasteiger partial charge in [0.05, 0.1) is 21.2 Å². The standard InChI is InChI=1S/C21H25ClF3N5O3S/c1-12(2)19-27-29(20(32)15-8-16-14(30(15)19)9-17(22)34-16)11-18(31)26-13-4-3-5-28(10-13)6-7-33-21(23,24)25/h8-9,12-13H,3-7,10-11H2,1-2H3,(H,26,31)/t13-/m1/s1. The van der Waals surface area contributed by atoms with Crippen molar-refractivity contribution in [2.24, 2.45) is 0 Å². The number of rotatable bonds is 7. The molecule has 0 radical (unpaired) electrons. The van der Waals surface area contributed by atoms with Crippen LogP contribution in [0, 0.1) is 0 Å². The molecule has 1 aliphatic rings. The Labute approximate surface area is 202 Å². The summed E-state index contributed by atoms with van der Waals surface area (Å²) in [5, 5.41) is 7.37. The summed E-state index contributed by atoms with van der Waals surface area (Å²) >= 11 is 7.51. The van der Waals surface area contributed by atoms with Gasteiger partial charge in [0.25, 0.3) is 5.56 Å². The summed E-state index contributed by atoms with van der Waals surface area (Å²) < 4.78 is 44.9. The van der Waals surface area contributed by atoms with Gasteiger partial charge in [0.15, 0.2) is 0 Å². The zero-order valence-electron chi connectivity index (χ0n) is 18.7. The molecule has 1 aliphatic heterocycles. The van der Waals surface area contributed by atoms with E-state index in [1.807, 2.05) is 18.7 Å². The zero-order valence-corrected chi connectivity index (χ0v) is 20.3. The molecule has 186 valence electrons. The highest BCUT2D eigenvalue weighted by atomic mass is 35.5. The van der Waals surface area contributed by atoms with Crippen LogP contribution in [-0.4, -0.2) is 63.6 Å². The average Bonchev–Trinajstić information content (AvgIpc) is 3.25. The van der Waals surface area contributed by atoms with E-state index in [4.69, 9.17) is 11.6 Å². The molecule has 0 saturated carbocycles. The lowest BCUT2D eigenvalue weighted by Gasteiger charge is -2.33. The topological polar surface area (TPSA) is 80.9 Å². The Bertz CT molecular complexity index is 1250. The number of halogens is 4. The van der Waals surface area contributed by atoms with Gasteiger partial charge in [0.1, 0.15) is 17.9 Å². The van der Waals surface area contributed by atoms with Gasteiger partial charge in [0, 0.05) is 25.0 Å². The quantitative estimate of drug-likeness (QED) is 0.516. The Morgan fingerprint density at radius 1 is 1.35 bits per heavy atom. The normalized spacial score (nSPS) is 17.8. The van der Waals surface area contributed by atoms with Crippen molar-refractivity contribution < 1.29 is 22.7 Å². The highest BCUT2D eigenvalue weighted by Gasteiger charge is 2.30. The summed E-state index contributed by atoms with van der Waals surface area (Å²) in [6, 6.07) is 3.34. The van der Waals surface area contributed by atoms with Gasteiger partial charge in [-0.3, -0.25) is 23.6 Å². The first-order chi connectivity index (χ1) is 16.0. The van der Waals surface area contributed by atoms with Crippen molar-refractivity contribution in [2.75, 3.05) is 26.2 Å². The average molecular weight is 520 g/mol. The minimum atomic E-state index is -4.65. The summed E-state index contributed by atoms with van der Waals surface area (Å²) in [7, 11) is 0. The van der Waals surface area contributed by atoms with Crippen molar-refractivity contribution >= 4 is 44.6 Å². The van der Waals surface area contributed by atoms with Gasteiger partial charge in [-0.05, 0) is 31.5 Å². The van der Waals surface area contributed by atoms with E-state index in [2.05, 4.69) is 15.2 Å². The van der Waals surface area contributed by atoms with Gasteiger partial charge in [-0.15, -0.1) is 24.5 Å². The first-order valence-corrected chi connectivity index (χ1v) is 12.1. The van der Waals surface area contributed by atoms with Gasteiger partial charge in [0.2, 0.25) is 5.91 Å². The lowest BCUT2D eigenvalue weighted by atomic mass is 10.1. The van der Waals surface area contributed by atoms with E-state index < -0.39 is 13.0 Å². The molecule has 13 heteroatoms. The number of hydrogen-bond donors (Lipinski definition) is 1. The highest BCUT2D eigenvalue weighted by Crippen LogP contribution is 2.32. The van der Waals surface area contributed by atoms with Gasteiger partial charge < -0.3 is 5.32 Å². The van der Waals surface area contributed by atoms with Crippen LogP contribution in [0.25, 0.3) is 15.7 Å². The Kier molecular flexibility index (Phi) is 7.22. The van der Waals surface area contributed by atoms with E-state index in [0.717, 1.165) is 16.6 Å². The Morgan fingerprint density at radius 3 is 2.82 bits per heavy atom. The summed E-state index contributed by atoms with van der Waals surface area (Å²) in [5.74, 6) is 0.251. The number of carbonyl (C=O) groups is 1. The molecule has 1 atom stereocenters. The molecule has 0 bridgehead atoms. The minimum Gasteiger partial charge on any atom is -0.350 e. The van der Waals surface area contributed by atoms with Crippen molar-refractivity contribution in [2.45, 2.75) is 51.6 Å². The molecule has 3 aromatic heterocycles. The van der Waals surface area contributed by atoms with Gasteiger partial charge >= 0.3 is 6.36 Å². The summed E-state index contributed by atoms with van der Waals surface area (Å²) in [5.41, 5.74) is 0.860. The molecule has 34 heavy (non-hydrogen) atoms. The second-order valence-electron chi connectivity index (χ2n) is 8.64. The number of nitrogens with one attached hydrogen (secondary N) is 1. The number of aromatic nitrogens is 3. The molecular weight excluding hydrogens is 495 g/mol. The predicted molar refractivity (Wildman–Crippen MR) is 124 cm³/mol. The molecule has 4 rings (SSSR count). The van der Waals surface area contributed by atoms with E-state index in [-0.39, 0.29) is 36.5 Å². The Hall–Kier alpha value is -2.15. The van der Waals surface area contributed by atoms with Crippen LogP contribution in [0.2, 0.25) is 4.34 Å². The van der Waals surface area contributed by atoms with Gasteiger partial charge in [-0.1, -0.05) is 25.4 Å². The molecule has 0 spiro atoms. The number of nitrogens with zero attached hydrogens (tertiary/aromatic N) is 4. The number of piperidine rings is 1. The van der Waals surface area contributed by atoms with Crippen LogP contribution in [0.5, 0.6) is 0 Å². The third kappa shape index (κ3) is 5.56. The first kappa shape index (κ1) is 25.0. The lowest BCUT2D eigenvalue weighted by Crippen LogP contribution is -2.49. The van der Waals surface area contributed by atoms with E-state index in [9.17, 15) is 22.8 Å². The molecule has 1 amide bonds. The van der Waals surface area contributed by atoms with Crippen LogP contribution in [0.3, 0.4) is 0 Å². The number of hydrogen-bond acceptors (Lipinski definition) is 6. The molecule has 1 saturated heterocycles. The van der Waals surface area contributed by atoms with Crippen LogP contribution in [0.1, 0.15) is 38.4 Å². The van der Waals surface area contributed by atoms with E-state index in [1.165, 1.54) is 16.0 Å². The number of fused-ring (bicyclic) bond motifs is 3. The Morgan fingerprint density at radius 2 is 2.12 bits per heavy atom. The second kappa shape index (κ2) is 9.84. The van der Waals surface area contributed by atoms with Gasteiger partial charge in [-0.25, -0.2) is 4.68 Å². The number of thiophene rings is 1. The molecule has 8 nitrogen and oxygen atoms in total. The summed E-state index contributed by atoms with van der Waals surface area (Å²) in [6.07, 6.45) is -3.21. The molecular formula is C21H25ClF3N5O3S. The molecule has 1 N–H and O–H groups in total. The number of likely N-dealkylation sites (tertiary alicyclic amines) is 1. The van der Waals surface area contributed by atoms with Crippen molar-refractivity contribution in [3.8, 4) is 0 Å². The van der Waals surface area contributed by atoms with Crippen LogP contribution in [0.4, 0.5) is 13.2 Å². The third-order valence-electron chi connectivity index (χ3n) is 5.72. The molecule has 0 aliphatic carbocycles. The first-order valence-electron chi connectivity index (χ1n) is 11.0. The third-order valence-corrected chi connectivity index (χ3v) is 6.92. The van der Waals surface area contributed by atoms with Crippen molar-refractivity contribution in [3.05, 3.63) is 32.6 Å². The van der Waals surface area contributed by atoms with Crippen LogP contribution in [0.15, 0.2) is 16.9 Å². The highest BCUT2D eigenvalue weighted by molar-refractivity contribution is 7.22. The molecule has 0 unspecified atom stereocenters. The van der Waals surface area contributed by atoms with Crippen molar-refractivity contribution in [1.82, 2.24) is 24.4 Å². The number of alkyl halides is 3. The smallest absolute Gasteiger partial charge is 0.350 e. The number of amides is 1. The van der Waals surface area contributed by atoms with Gasteiger partial charge in [-0.2, -0.15) is 5.10 Å². The minimum absolute atomic E-state index is 0.0162. The van der Waals surface area contributed by atoms with Crippen LogP contribution in [-0.2, 0) is 16.1 Å². The van der Waals surface area contributed by atoms with Crippen molar-refractivity contribution in [3.63, 3.8) is 0 Å². The maximum Gasteiger partial charge on any atom is 0.522 e. The van der Waals surface area contributed by atoms with Crippen LogP contribution < -0.4 is 10.9 Å². The lowest BCUT2D eigenvalue weighted by molar-refractivity contribution is -0.325. The summed E-state index contributed by atoms with van der Waals surface area (Å²) in [6.45, 7) is 4.38. The van der Waals surface area contributed by atoms with E-state index in [0.29, 0.717) is 35.2 Å². The predicted octanol–water partition coefficient (Wildman–Crippen LogP) is 3.60. The molecule has 4 heterocycles. The molecule has 3 aromatic rings. The fourth-order valence-electron chi connectivity index (χ4n) is 4.27. The number of ether oxygens (including phenoxy) is 1. The maximum atomic E-state index is 13.1. The molecule has 1 fully saturated rings. The van der Waals surface area contributed by atoms with E-state index >= 15 is 0 Å². The van der Waals surface area contributed by atoms with Crippen LogP contribution >= 0.6 is 22.9 Å². The maximum absolute atomic E-state index is 13.1. The zero-order chi connectivity index (χ0) is 24.6. The largest absolute Gasteiger partial charge is 0.522 e. The molecule has 0 aromatic carbocycles. The van der Waals surface area contributed by atoms with Crippen molar-refractivity contribution in [1.29, 1.82) is 0 Å². The summed E-state index contributed by atoms with van der Waals surface area (Å²) in [4.78, 5) is 27.7. The second-order valence-corrected chi connectivity index (χ2v) is 10.4. The monoisotopic (exact) mass is 519 g/mol. The van der Waals surface area contributed by atoms with E-state index in [1.54, 1.807) is 16.5 Å². The Balaban J connectivity index is 1.46. The fourth-order valence-corrected chi connectivity index (χ4v) is 5.43. The number of carbonyl (C=O) groups excluding carboxylic acids is 1. The SMILES string of the molecule is CC(C)c1nn(CC(=O)N[C@@H]2CCCN(CCOC(F)(F)F)C2)c(=O)c2cc3sc(Cl)cc3n12.